The smallest absolute Gasteiger partial charge is 0.358 e. The summed E-state index contributed by atoms with van der Waals surface area (Å²) >= 11 is 0. The van der Waals surface area contributed by atoms with E-state index in [9.17, 15) is 10.1 Å². The summed E-state index contributed by atoms with van der Waals surface area (Å²) in [6, 6.07) is 1.45. The number of hydrogen-bond acceptors (Lipinski definition) is 5. The largest absolute Gasteiger partial charge is 0.390 e. The minimum absolute atomic E-state index is 0.128. The van der Waals surface area contributed by atoms with Crippen molar-refractivity contribution >= 4 is 5.82 Å². The fourth-order valence-electron chi connectivity index (χ4n) is 1.62. The van der Waals surface area contributed by atoms with E-state index in [-0.39, 0.29) is 12.1 Å². The average molecular weight is 257 g/mol. The molecule has 0 spiro atoms. The Morgan fingerprint density at radius 3 is 2.50 bits per heavy atom. The van der Waals surface area contributed by atoms with Gasteiger partial charge in [-0.3, -0.25) is 0 Å². The Morgan fingerprint density at radius 1 is 1.44 bits per heavy atom. The Balaban J connectivity index is 2.58. The minimum Gasteiger partial charge on any atom is -0.358 e. The van der Waals surface area contributed by atoms with Crippen molar-refractivity contribution in [2.75, 3.05) is 13.2 Å². The molecule has 0 fully saturated rings. The zero-order chi connectivity index (χ0) is 13.5. The third kappa shape index (κ3) is 4.08. The van der Waals surface area contributed by atoms with E-state index in [2.05, 4.69) is 5.10 Å². The quantitative estimate of drug-likeness (QED) is 0.403. The summed E-state index contributed by atoms with van der Waals surface area (Å²) < 4.78 is 12.4. The number of hydrogen-bond donors (Lipinski definition) is 0. The van der Waals surface area contributed by atoms with Gasteiger partial charge in [0.25, 0.3) is 0 Å². The molecular weight excluding hydrogens is 238 g/mol. The number of rotatable bonds is 8. The van der Waals surface area contributed by atoms with Gasteiger partial charge in [0.05, 0.1) is 23.4 Å². The number of nitro groups is 1. The van der Waals surface area contributed by atoms with Crippen molar-refractivity contribution in [1.29, 1.82) is 0 Å². The lowest BCUT2D eigenvalue weighted by Crippen LogP contribution is -2.20. The highest BCUT2D eigenvalue weighted by Gasteiger charge is 2.16. The SMILES string of the molecule is CCOC(CCn1nc([N+](=O)[O-])cc1C)OCC. The van der Waals surface area contributed by atoms with Gasteiger partial charge >= 0.3 is 5.82 Å². The van der Waals surface area contributed by atoms with Crippen molar-refractivity contribution in [3.63, 3.8) is 0 Å². The maximum atomic E-state index is 10.6. The molecule has 0 atom stereocenters. The van der Waals surface area contributed by atoms with Crippen LogP contribution < -0.4 is 0 Å². The van der Waals surface area contributed by atoms with Gasteiger partial charge in [0.2, 0.25) is 0 Å². The molecular formula is C11H19N3O4. The van der Waals surface area contributed by atoms with Crippen LogP contribution in [-0.2, 0) is 16.0 Å². The monoisotopic (exact) mass is 257 g/mol. The van der Waals surface area contributed by atoms with Crippen LogP contribution in [0.5, 0.6) is 0 Å². The van der Waals surface area contributed by atoms with Crippen molar-refractivity contribution in [3.05, 3.63) is 21.9 Å². The molecule has 0 aliphatic heterocycles. The maximum Gasteiger partial charge on any atom is 0.390 e. The van der Waals surface area contributed by atoms with Crippen LogP contribution in [-0.4, -0.2) is 34.2 Å². The van der Waals surface area contributed by atoms with Gasteiger partial charge in [0.1, 0.15) is 0 Å². The highest BCUT2D eigenvalue weighted by Crippen LogP contribution is 2.12. The van der Waals surface area contributed by atoms with E-state index in [0.29, 0.717) is 26.2 Å². The molecule has 18 heavy (non-hydrogen) atoms. The van der Waals surface area contributed by atoms with Crippen LogP contribution in [0.4, 0.5) is 5.82 Å². The molecule has 102 valence electrons. The van der Waals surface area contributed by atoms with Gasteiger partial charge in [0.15, 0.2) is 6.29 Å². The van der Waals surface area contributed by atoms with Crippen molar-refractivity contribution in [1.82, 2.24) is 9.78 Å². The second kappa shape index (κ2) is 7.07. The molecule has 1 heterocycles. The number of nitrogens with zero attached hydrogens (tertiary/aromatic N) is 3. The van der Waals surface area contributed by atoms with Crippen LogP contribution >= 0.6 is 0 Å². The van der Waals surface area contributed by atoms with E-state index in [1.165, 1.54) is 6.07 Å². The third-order valence-corrected chi connectivity index (χ3v) is 2.44. The van der Waals surface area contributed by atoms with Gasteiger partial charge in [0, 0.05) is 19.6 Å². The van der Waals surface area contributed by atoms with Gasteiger partial charge in [-0.25, -0.2) is 0 Å². The molecule has 1 aromatic heterocycles. The summed E-state index contributed by atoms with van der Waals surface area (Å²) in [4.78, 5) is 10.1. The maximum absolute atomic E-state index is 10.6. The lowest BCUT2D eigenvalue weighted by Gasteiger charge is -2.16. The number of ether oxygens (including phenoxy) is 2. The zero-order valence-electron chi connectivity index (χ0n) is 11.0. The first kappa shape index (κ1) is 14.6. The van der Waals surface area contributed by atoms with Crippen LogP contribution in [0.15, 0.2) is 6.07 Å². The fraction of sp³-hybridized carbons (Fsp3) is 0.727. The minimum atomic E-state index is -0.494. The summed E-state index contributed by atoms with van der Waals surface area (Å²) in [7, 11) is 0. The molecule has 0 unspecified atom stereocenters. The van der Waals surface area contributed by atoms with E-state index >= 15 is 0 Å². The molecule has 0 bridgehead atoms. The number of aromatic nitrogens is 2. The molecule has 0 aliphatic carbocycles. The fourth-order valence-corrected chi connectivity index (χ4v) is 1.62. The third-order valence-electron chi connectivity index (χ3n) is 2.44. The first-order valence-corrected chi connectivity index (χ1v) is 6.00. The van der Waals surface area contributed by atoms with E-state index < -0.39 is 4.92 Å². The van der Waals surface area contributed by atoms with Crippen molar-refractivity contribution in [2.45, 2.75) is 40.0 Å². The van der Waals surface area contributed by atoms with Gasteiger partial charge in [-0.1, -0.05) is 0 Å². The zero-order valence-corrected chi connectivity index (χ0v) is 11.0. The van der Waals surface area contributed by atoms with Crippen LogP contribution in [0.2, 0.25) is 0 Å². The predicted molar refractivity (Wildman–Crippen MR) is 65.3 cm³/mol. The second-order valence-electron chi connectivity index (χ2n) is 3.75. The Hall–Kier alpha value is -1.47. The van der Waals surface area contributed by atoms with Crippen molar-refractivity contribution in [2.24, 2.45) is 0 Å². The number of aryl methyl sites for hydroxylation is 2. The lowest BCUT2D eigenvalue weighted by atomic mass is 10.4. The summed E-state index contributed by atoms with van der Waals surface area (Å²) in [6.45, 7) is 7.26. The van der Waals surface area contributed by atoms with Crippen LogP contribution in [0.1, 0.15) is 26.0 Å². The van der Waals surface area contributed by atoms with Gasteiger partial charge in [-0.05, 0) is 25.7 Å². The molecule has 0 saturated heterocycles. The summed E-state index contributed by atoms with van der Waals surface area (Å²) in [5.74, 6) is -0.128. The van der Waals surface area contributed by atoms with Gasteiger partial charge in [-0.2, -0.15) is 4.68 Å². The van der Waals surface area contributed by atoms with E-state index in [0.717, 1.165) is 5.69 Å². The molecule has 0 aliphatic rings. The normalized spacial score (nSPS) is 11.1. The highest BCUT2D eigenvalue weighted by molar-refractivity contribution is 5.20. The van der Waals surface area contributed by atoms with Crippen molar-refractivity contribution < 1.29 is 14.4 Å². The molecule has 1 aromatic rings. The predicted octanol–water partition coefficient (Wildman–Crippen LogP) is 1.89. The summed E-state index contributed by atoms with van der Waals surface area (Å²) in [6.07, 6.45) is 0.323. The van der Waals surface area contributed by atoms with Gasteiger partial charge in [-0.15, -0.1) is 0 Å². The molecule has 7 heteroatoms. The molecule has 0 saturated carbocycles. The lowest BCUT2D eigenvalue weighted by molar-refractivity contribution is -0.389. The second-order valence-corrected chi connectivity index (χ2v) is 3.75. The van der Waals surface area contributed by atoms with E-state index in [1.807, 2.05) is 13.8 Å². The average Bonchev–Trinajstić information content (AvgIpc) is 2.68. The van der Waals surface area contributed by atoms with Gasteiger partial charge < -0.3 is 19.6 Å². The van der Waals surface area contributed by atoms with E-state index in [1.54, 1.807) is 11.6 Å². The molecule has 1 rings (SSSR count). The molecule has 0 radical (unpaired) electrons. The van der Waals surface area contributed by atoms with Crippen LogP contribution in [0.3, 0.4) is 0 Å². The van der Waals surface area contributed by atoms with E-state index in [4.69, 9.17) is 9.47 Å². The molecule has 0 amide bonds. The molecule has 0 aromatic carbocycles. The standard InChI is InChI=1S/C11H19N3O4/c1-4-17-11(18-5-2)6-7-13-9(3)8-10(12-13)14(15)16/h8,11H,4-7H2,1-3H3. The molecule has 7 nitrogen and oxygen atoms in total. The highest BCUT2D eigenvalue weighted by atomic mass is 16.7. The Bertz CT molecular complexity index is 386. The van der Waals surface area contributed by atoms with Crippen LogP contribution in [0.25, 0.3) is 0 Å². The Kier molecular flexibility index (Phi) is 5.73. The first-order chi connectivity index (χ1) is 8.58. The Morgan fingerprint density at radius 2 is 2.06 bits per heavy atom. The topological polar surface area (TPSA) is 79.4 Å². The van der Waals surface area contributed by atoms with Crippen LogP contribution in [0, 0.1) is 17.0 Å². The molecule has 0 N–H and O–H groups in total. The first-order valence-electron chi connectivity index (χ1n) is 6.00. The Labute approximate surface area is 106 Å². The summed E-state index contributed by atoms with van der Waals surface area (Å²) in [5, 5.41) is 14.5. The summed E-state index contributed by atoms with van der Waals surface area (Å²) in [5.41, 5.74) is 0.758. The van der Waals surface area contributed by atoms with Crippen molar-refractivity contribution in [3.8, 4) is 0 Å².